The fourth-order valence-electron chi connectivity index (χ4n) is 4.71. The van der Waals surface area contributed by atoms with E-state index in [2.05, 4.69) is 30.4 Å². The fourth-order valence-corrected chi connectivity index (χ4v) is 5.56. The highest BCUT2D eigenvalue weighted by Gasteiger charge is 2.24. The molecule has 40 heavy (non-hydrogen) atoms. The molecule has 0 atom stereocenters. The SMILES string of the molecule is Cc1cc(-c2nnn(CC3CCC(NS(C)(=O)=O)CC3)n2)cc(C(=O)NCc2ccc(F)c(COCCO)c2)n1. The smallest absolute Gasteiger partial charge is 0.270 e. The third-order valence-electron chi connectivity index (χ3n) is 6.60. The first-order valence-corrected chi connectivity index (χ1v) is 15.0. The Morgan fingerprint density at radius 3 is 2.70 bits per heavy atom. The van der Waals surface area contributed by atoms with Gasteiger partial charge in [0.1, 0.15) is 11.5 Å². The summed E-state index contributed by atoms with van der Waals surface area (Å²) in [6.45, 7) is 2.48. The highest BCUT2D eigenvalue weighted by atomic mass is 32.2. The zero-order chi connectivity index (χ0) is 28.7. The minimum Gasteiger partial charge on any atom is -0.394 e. The van der Waals surface area contributed by atoms with E-state index in [1.165, 1.54) is 17.1 Å². The fraction of sp³-hybridized carbons (Fsp3) is 0.500. The van der Waals surface area contributed by atoms with Crippen LogP contribution >= 0.6 is 0 Å². The number of carbonyl (C=O) groups excluding carboxylic acids is 1. The van der Waals surface area contributed by atoms with E-state index in [0.29, 0.717) is 40.7 Å². The average Bonchev–Trinajstić information content (AvgIpc) is 3.37. The number of pyridine rings is 1. The molecule has 0 bridgehead atoms. The van der Waals surface area contributed by atoms with Crippen molar-refractivity contribution in [2.45, 2.75) is 58.3 Å². The monoisotopic (exact) mass is 575 g/mol. The third-order valence-corrected chi connectivity index (χ3v) is 7.36. The molecule has 0 saturated heterocycles. The molecule has 3 N–H and O–H groups in total. The molecule has 1 saturated carbocycles. The first kappa shape index (κ1) is 29.6. The molecule has 3 aromatic rings. The molecule has 1 aliphatic carbocycles. The van der Waals surface area contributed by atoms with Crippen molar-refractivity contribution in [2.75, 3.05) is 19.5 Å². The lowest BCUT2D eigenvalue weighted by Gasteiger charge is -2.27. The Balaban J connectivity index is 1.35. The quantitative estimate of drug-likeness (QED) is 0.273. The third kappa shape index (κ3) is 8.58. The number of aliphatic hydroxyl groups is 1. The molecular formula is C26H34FN7O5S. The topological polar surface area (TPSA) is 161 Å². The molecule has 1 aliphatic rings. The Hall–Kier alpha value is -3.33. The molecule has 14 heteroatoms. The van der Waals surface area contributed by atoms with Crippen LogP contribution in [0.15, 0.2) is 30.3 Å². The number of amides is 1. The van der Waals surface area contributed by atoms with Gasteiger partial charge in [0, 0.05) is 29.4 Å². The van der Waals surface area contributed by atoms with Crippen molar-refractivity contribution in [3.05, 3.63) is 58.7 Å². The summed E-state index contributed by atoms with van der Waals surface area (Å²) in [6.07, 6.45) is 4.41. The number of tetrazole rings is 1. The average molecular weight is 576 g/mol. The van der Waals surface area contributed by atoms with Gasteiger partial charge in [-0.15, -0.1) is 10.2 Å². The summed E-state index contributed by atoms with van der Waals surface area (Å²) < 4.78 is 44.8. The minimum atomic E-state index is -3.21. The summed E-state index contributed by atoms with van der Waals surface area (Å²) in [5.74, 6) is -0.138. The van der Waals surface area contributed by atoms with Crippen molar-refractivity contribution < 1.29 is 27.4 Å². The second kappa shape index (κ2) is 13.4. The van der Waals surface area contributed by atoms with Crippen LogP contribution < -0.4 is 10.0 Å². The summed E-state index contributed by atoms with van der Waals surface area (Å²) >= 11 is 0. The molecule has 12 nitrogen and oxygen atoms in total. The summed E-state index contributed by atoms with van der Waals surface area (Å²) in [6, 6.07) is 7.85. The molecule has 216 valence electrons. The van der Waals surface area contributed by atoms with Crippen molar-refractivity contribution in [3.8, 4) is 11.4 Å². The van der Waals surface area contributed by atoms with Crippen LogP contribution in [-0.4, -0.2) is 70.1 Å². The Bertz CT molecular complexity index is 1420. The van der Waals surface area contributed by atoms with Gasteiger partial charge in [0.25, 0.3) is 5.91 Å². The van der Waals surface area contributed by atoms with Crippen LogP contribution in [0, 0.1) is 18.7 Å². The maximum Gasteiger partial charge on any atom is 0.270 e. The molecular weight excluding hydrogens is 541 g/mol. The van der Waals surface area contributed by atoms with Crippen molar-refractivity contribution in [1.29, 1.82) is 0 Å². The van der Waals surface area contributed by atoms with E-state index in [4.69, 9.17) is 9.84 Å². The van der Waals surface area contributed by atoms with Gasteiger partial charge < -0.3 is 15.2 Å². The lowest BCUT2D eigenvalue weighted by Crippen LogP contribution is -2.37. The molecule has 2 aromatic heterocycles. The summed E-state index contributed by atoms with van der Waals surface area (Å²) in [5.41, 5.74) is 2.44. The number of rotatable bonds is 12. The highest BCUT2D eigenvalue weighted by molar-refractivity contribution is 7.88. The second-order valence-corrected chi connectivity index (χ2v) is 11.8. The summed E-state index contributed by atoms with van der Waals surface area (Å²) in [7, 11) is -3.21. The zero-order valence-corrected chi connectivity index (χ0v) is 23.3. The van der Waals surface area contributed by atoms with Crippen molar-refractivity contribution in [3.63, 3.8) is 0 Å². The number of hydrogen-bond acceptors (Lipinski definition) is 9. The van der Waals surface area contributed by atoms with E-state index < -0.39 is 21.7 Å². The zero-order valence-electron chi connectivity index (χ0n) is 22.5. The summed E-state index contributed by atoms with van der Waals surface area (Å²) in [4.78, 5) is 18.8. The Labute approximate surface area is 232 Å². The number of aromatic nitrogens is 5. The first-order valence-electron chi connectivity index (χ1n) is 13.1. The predicted molar refractivity (Wildman–Crippen MR) is 144 cm³/mol. The number of aryl methyl sites for hydroxylation is 1. The van der Waals surface area contributed by atoms with Gasteiger partial charge in [-0.3, -0.25) is 4.79 Å². The van der Waals surface area contributed by atoms with Gasteiger partial charge in [-0.2, -0.15) is 4.80 Å². The number of nitrogens with zero attached hydrogens (tertiary/aromatic N) is 5. The predicted octanol–water partition coefficient (Wildman–Crippen LogP) is 1.73. The molecule has 0 spiro atoms. The van der Waals surface area contributed by atoms with Crippen molar-refractivity contribution >= 4 is 15.9 Å². The van der Waals surface area contributed by atoms with E-state index in [1.807, 2.05) is 0 Å². The molecule has 1 fully saturated rings. The van der Waals surface area contributed by atoms with Crippen LogP contribution in [0.3, 0.4) is 0 Å². The van der Waals surface area contributed by atoms with Crippen LogP contribution in [0.2, 0.25) is 0 Å². The molecule has 0 unspecified atom stereocenters. The van der Waals surface area contributed by atoms with Gasteiger partial charge in [0.15, 0.2) is 0 Å². The number of carbonyl (C=O) groups is 1. The maximum atomic E-state index is 14.0. The Kier molecular flexibility index (Phi) is 9.90. The van der Waals surface area contributed by atoms with Crippen LogP contribution in [0.1, 0.15) is 53.0 Å². The Morgan fingerprint density at radius 1 is 1.20 bits per heavy atom. The number of ether oxygens (including phenoxy) is 1. The Morgan fingerprint density at radius 2 is 1.98 bits per heavy atom. The molecule has 1 aromatic carbocycles. The molecule has 0 aliphatic heterocycles. The number of aliphatic hydroxyl groups excluding tert-OH is 1. The molecule has 0 radical (unpaired) electrons. The van der Waals surface area contributed by atoms with Gasteiger partial charge in [0.2, 0.25) is 15.8 Å². The van der Waals surface area contributed by atoms with Crippen LogP contribution in [-0.2, 0) is 34.5 Å². The molecule has 2 heterocycles. The molecule has 1 amide bonds. The van der Waals surface area contributed by atoms with Crippen molar-refractivity contribution in [1.82, 2.24) is 35.2 Å². The number of halogens is 1. The minimum absolute atomic E-state index is 0.0202. The van der Waals surface area contributed by atoms with E-state index in [-0.39, 0.29) is 38.1 Å². The van der Waals surface area contributed by atoms with Gasteiger partial charge in [0.05, 0.1) is 32.6 Å². The second-order valence-electron chi connectivity index (χ2n) is 10.0. The maximum absolute atomic E-state index is 14.0. The number of nitrogens with one attached hydrogen (secondary N) is 2. The van der Waals surface area contributed by atoms with E-state index in [0.717, 1.165) is 25.7 Å². The van der Waals surface area contributed by atoms with Crippen LogP contribution in [0.4, 0.5) is 4.39 Å². The van der Waals surface area contributed by atoms with Gasteiger partial charge >= 0.3 is 0 Å². The first-order chi connectivity index (χ1) is 19.1. The summed E-state index contributed by atoms with van der Waals surface area (Å²) in [5, 5.41) is 24.5. The highest BCUT2D eigenvalue weighted by Crippen LogP contribution is 2.26. The van der Waals surface area contributed by atoms with E-state index >= 15 is 0 Å². The van der Waals surface area contributed by atoms with Crippen molar-refractivity contribution in [2.24, 2.45) is 5.92 Å². The van der Waals surface area contributed by atoms with Gasteiger partial charge in [-0.05, 0) is 73.6 Å². The van der Waals surface area contributed by atoms with E-state index in [9.17, 15) is 17.6 Å². The number of benzene rings is 1. The molecule has 4 rings (SSSR count). The standard InChI is InChI=1S/C26H34FN7O5S/c1-17-11-20(25-30-33-34(31-25)15-18-3-6-22(7-4-18)32-40(2,37)38)13-24(29-17)26(36)28-14-19-5-8-23(27)21(12-19)16-39-10-9-35/h5,8,11-13,18,22,32,35H,3-4,6-7,9-10,14-16H2,1-2H3,(H,28,36). The number of sulfonamides is 1. The lowest BCUT2D eigenvalue weighted by molar-refractivity contribution is 0.0799. The van der Waals surface area contributed by atoms with Gasteiger partial charge in [-0.25, -0.2) is 22.5 Å². The normalized spacial score (nSPS) is 17.6. The lowest BCUT2D eigenvalue weighted by atomic mass is 9.86. The number of hydrogen-bond donors (Lipinski definition) is 3. The van der Waals surface area contributed by atoms with Crippen LogP contribution in [0.5, 0.6) is 0 Å². The van der Waals surface area contributed by atoms with Crippen LogP contribution in [0.25, 0.3) is 11.4 Å². The largest absolute Gasteiger partial charge is 0.394 e. The van der Waals surface area contributed by atoms with E-state index in [1.54, 1.807) is 31.2 Å². The van der Waals surface area contributed by atoms with Gasteiger partial charge in [-0.1, -0.05) is 6.07 Å².